The number of hydrogen-bond donors (Lipinski definition) is 1. The molecule has 0 radical (unpaired) electrons. The highest BCUT2D eigenvalue weighted by Crippen LogP contribution is 2.28. The van der Waals surface area contributed by atoms with Gasteiger partial charge in [-0.3, -0.25) is 4.72 Å². The van der Waals surface area contributed by atoms with Crippen LogP contribution in [-0.4, -0.2) is 13.4 Å². The van der Waals surface area contributed by atoms with E-state index in [2.05, 4.69) is 25.6 Å². The molecule has 130 valence electrons. The lowest BCUT2D eigenvalue weighted by Gasteiger charge is -2.06. The Morgan fingerprint density at radius 1 is 0.923 bits per heavy atom. The number of aromatic nitrogens is 1. The number of benzene rings is 3. The number of halogens is 1. The van der Waals surface area contributed by atoms with Crippen molar-refractivity contribution in [3.8, 4) is 11.3 Å². The van der Waals surface area contributed by atoms with Gasteiger partial charge in [-0.2, -0.15) is 0 Å². The van der Waals surface area contributed by atoms with Crippen molar-refractivity contribution in [2.75, 3.05) is 4.72 Å². The van der Waals surface area contributed by atoms with Gasteiger partial charge >= 0.3 is 0 Å². The SMILES string of the molecule is O=S(=O)(Nc1nc(-c2cccc(Br)c2)cs1)c1ccc2ccccc2c1. The van der Waals surface area contributed by atoms with E-state index in [9.17, 15) is 8.42 Å². The van der Waals surface area contributed by atoms with Gasteiger partial charge in [-0.1, -0.05) is 58.4 Å². The minimum atomic E-state index is -3.69. The summed E-state index contributed by atoms with van der Waals surface area (Å²) in [6.07, 6.45) is 0. The molecule has 26 heavy (non-hydrogen) atoms. The number of fused-ring (bicyclic) bond motifs is 1. The van der Waals surface area contributed by atoms with Crippen LogP contribution in [0.15, 0.2) is 81.5 Å². The Bertz CT molecular complexity index is 1200. The van der Waals surface area contributed by atoms with Crippen molar-refractivity contribution < 1.29 is 8.42 Å². The van der Waals surface area contributed by atoms with E-state index in [4.69, 9.17) is 0 Å². The van der Waals surface area contributed by atoms with Crippen LogP contribution in [0.4, 0.5) is 5.13 Å². The number of hydrogen-bond acceptors (Lipinski definition) is 4. The largest absolute Gasteiger partial charge is 0.263 e. The highest BCUT2D eigenvalue weighted by molar-refractivity contribution is 9.10. The molecular formula is C19H13BrN2O2S2. The topological polar surface area (TPSA) is 59.1 Å². The Balaban J connectivity index is 1.63. The average Bonchev–Trinajstić information content (AvgIpc) is 3.09. The molecule has 0 saturated carbocycles. The second kappa shape index (κ2) is 6.83. The highest BCUT2D eigenvalue weighted by atomic mass is 79.9. The van der Waals surface area contributed by atoms with E-state index in [1.54, 1.807) is 18.2 Å². The van der Waals surface area contributed by atoms with Gasteiger partial charge in [0.25, 0.3) is 10.0 Å². The number of sulfonamides is 1. The van der Waals surface area contributed by atoms with Crippen molar-refractivity contribution in [3.05, 3.63) is 76.6 Å². The van der Waals surface area contributed by atoms with Gasteiger partial charge in [0.15, 0.2) is 5.13 Å². The summed E-state index contributed by atoms with van der Waals surface area (Å²) in [5.41, 5.74) is 1.65. The van der Waals surface area contributed by atoms with Crippen molar-refractivity contribution in [1.29, 1.82) is 0 Å². The van der Waals surface area contributed by atoms with Crippen LogP contribution < -0.4 is 4.72 Å². The number of thiazole rings is 1. The fourth-order valence-corrected chi connectivity index (χ4v) is 5.02. The summed E-state index contributed by atoms with van der Waals surface area (Å²) >= 11 is 4.69. The monoisotopic (exact) mass is 444 g/mol. The zero-order valence-corrected chi connectivity index (χ0v) is 16.6. The summed E-state index contributed by atoms with van der Waals surface area (Å²) < 4.78 is 28.9. The Labute approximate surface area is 163 Å². The minimum absolute atomic E-state index is 0.218. The van der Waals surface area contributed by atoms with Crippen LogP contribution in [0.3, 0.4) is 0 Å². The molecule has 0 spiro atoms. The van der Waals surface area contributed by atoms with Crippen LogP contribution in [0.25, 0.3) is 22.0 Å². The van der Waals surface area contributed by atoms with Crippen molar-refractivity contribution in [2.24, 2.45) is 0 Å². The lowest BCUT2D eigenvalue weighted by molar-refractivity contribution is 0.601. The molecule has 0 fully saturated rings. The molecule has 3 aromatic carbocycles. The first kappa shape index (κ1) is 17.2. The predicted octanol–water partition coefficient (Wildman–Crippen LogP) is 5.53. The molecule has 0 aliphatic rings. The Morgan fingerprint density at radius 3 is 2.54 bits per heavy atom. The normalized spacial score (nSPS) is 11.6. The molecule has 0 saturated heterocycles. The zero-order chi connectivity index (χ0) is 18.1. The van der Waals surface area contributed by atoms with Gasteiger partial charge in [-0.05, 0) is 35.0 Å². The molecule has 1 heterocycles. The van der Waals surface area contributed by atoms with Crippen molar-refractivity contribution in [1.82, 2.24) is 4.98 Å². The van der Waals surface area contributed by atoms with Crippen LogP contribution in [-0.2, 0) is 10.0 Å². The van der Waals surface area contributed by atoms with Crippen molar-refractivity contribution in [3.63, 3.8) is 0 Å². The van der Waals surface area contributed by atoms with Crippen LogP contribution in [0.2, 0.25) is 0 Å². The maximum absolute atomic E-state index is 12.7. The molecular weight excluding hydrogens is 432 g/mol. The third kappa shape index (κ3) is 3.51. The number of rotatable bonds is 4. The standard InChI is InChI=1S/C19H13BrN2O2S2/c20-16-7-3-6-15(10-16)18-12-25-19(21-18)22-26(23,24)17-9-8-13-4-1-2-5-14(13)11-17/h1-12H,(H,21,22). The van der Waals surface area contributed by atoms with E-state index < -0.39 is 10.0 Å². The van der Waals surface area contributed by atoms with Gasteiger partial charge in [-0.15, -0.1) is 11.3 Å². The van der Waals surface area contributed by atoms with E-state index in [1.807, 2.05) is 53.9 Å². The molecule has 0 bridgehead atoms. The Kier molecular flexibility index (Phi) is 4.52. The van der Waals surface area contributed by atoms with Crippen LogP contribution in [0.1, 0.15) is 0 Å². The molecule has 0 aliphatic heterocycles. The first-order chi connectivity index (χ1) is 12.5. The molecule has 7 heteroatoms. The molecule has 0 aliphatic carbocycles. The zero-order valence-electron chi connectivity index (χ0n) is 13.4. The first-order valence-electron chi connectivity index (χ1n) is 7.74. The molecule has 4 nitrogen and oxygen atoms in total. The van der Waals surface area contributed by atoms with Gasteiger partial charge in [-0.25, -0.2) is 13.4 Å². The number of nitrogens with zero attached hydrogens (tertiary/aromatic N) is 1. The third-order valence-corrected chi connectivity index (χ3v) is 6.59. The Morgan fingerprint density at radius 2 is 1.73 bits per heavy atom. The summed E-state index contributed by atoms with van der Waals surface area (Å²) in [6, 6.07) is 20.4. The summed E-state index contributed by atoms with van der Waals surface area (Å²) in [7, 11) is -3.69. The number of nitrogens with one attached hydrogen (secondary N) is 1. The van der Waals surface area contributed by atoms with Crippen LogP contribution in [0.5, 0.6) is 0 Å². The summed E-state index contributed by atoms with van der Waals surface area (Å²) in [5, 5.41) is 4.05. The Hall–Kier alpha value is -2.22. The maximum Gasteiger partial charge on any atom is 0.263 e. The van der Waals surface area contributed by atoms with Gasteiger partial charge < -0.3 is 0 Å². The molecule has 1 N–H and O–H groups in total. The molecule has 4 rings (SSSR count). The van der Waals surface area contributed by atoms with E-state index >= 15 is 0 Å². The maximum atomic E-state index is 12.7. The second-order valence-corrected chi connectivity index (χ2v) is 9.12. The van der Waals surface area contributed by atoms with E-state index in [1.165, 1.54) is 11.3 Å². The number of anilines is 1. The lowest BCUT2D eigenvalue weighted by atomic mass is 10.1. The molecule has 0 amide bonds. The van der Waals surface area contributed by atoms with E-state index in [0.29, 0.717) is 5.13 Å². The molecule has 0 atom stereocenters. The van der Waals surface area contributed by atoms with Gasteiger partial charge in [0, 0.05) is 15.4 Å². The smallest absolute Gasteiger partial charge is 0.255 e. The van der Waals surface area contributed by atoms with Crippen molar-refractivity contribution in [2.45, 2.75) is 4.90 Å². The van der Waals surface area contributed by atoms with Crippen molar-refractivity contribution >= 4 is 53.2 Å². The van der Waals surface area contributed by atoms with Crippen LogP contribution in [0, 0.1) is 0 Å². The fourth-order valence-electron chi connectivity index (χ4n) is 2.61. The van der Waals surface area contributed by atoms with E-state index in [0.717, 1.165) is 26.5 Å². The minimum Gasteiger partial charge on any atom is -0.255 e. The predicted molar refractivity (Wildman–Crippen MR) is 110 cm³/mol. The lowest BCUT2D eigenvalue weighted by Crippen LogP contribution is -2.12. The fraction of sp³-hybridized carbons (Fsp3) is 0. The summed E-state index contributed by atoms with van der Waals surface area (Å²) in [6.45, 7) is 0. The highest BCUT2D eigenvalue weighted by Gasteiger charge is 2.17. The summed E-state index contributed by atoms with van der Waals surface area (Å²) in [4.78, 5) is 4.62. The van der Waals surface area contributed by atoms with E-state index in [-0.39, 0.29) is 4.90 Å². The van der Waals surface area contributed by atoms with Gasteiger partial charge in [0.1, 0.15) is 0 Å². The quantitative estimate of drug-likeness (QED) is 0.450. The van der Waals surface area contributed by atoms with Gasteiger partial charge in [0.05, 0.1) is 10.6 Å². The third-order valence-electron chi connectivity index (χ3n) is 3.88. The molecule has 1 aromatic heterocycles. The first-order valence-corrected chi connectivity index (χ1v) is 10.9. The second-order valence-electron chi connectivity index (χ2n) is 5.66. The summed E-state index contributed by atoms with van der Waals surface area (Å²) in [5.74, 6) is 0. The van der Waals surface area contributed by atoms with Gasteiger partial charge in [0.2, 0.25) is 0 Å². The average molecular weight is 445 g/mol. The molecule has 4 aromatic rings. The van der Waals surface area contributed by atoms with Crippen LogP contribution >= 0.6 is 27.3 Å². The molecule has 0 unspecified atom stereocenters.